The van der Waals surface area contributed by atoms with Gasteiger partial charge in [-0.3, -0.25) is 19.0 Å². The number of carbonyl (C=O) groups excluding carboxylic acids is 2. The van der Waals surface area contributed by atoms with Crippen LogP contribution in [0, 0.1) is 25.7 Å². The van der Waals surface area contributed by atoms with Gasteiger partial charge in [0.05, 0.1) is 71.0 Å². The number of anilines is 2. The lowest BCUT2D eigenvalue weighted by atomic mass is 9.74. The van der Waals surface area contributed by atoms with E-state index < -0.39 is 95.6 Å². The highest BCUT2D eigenvalue weighted by molar-refractivity contribution is 5.95. The Morgan fingerprint density at radius 3 is 1.39 bits per heavy atom. The molecule has 8 rings (SSSR count). The molecule has 6 heterocycles. The zero-order valence-electron chi connectivity index (χ0n) is 30.5. The number of ether oxygens (including phenoxy) is 2. The van der Waals surface area contributed by atoms with Gasteiger partial charge in [0.15, 0.2) is 0 Å². The highest BCUT2D eigenvalue weighted by Crippen LogP contribution is 2.51. The van der Waals surface area contributed by atoms with E-state index in [9.17, 15) is 46.1 Å². The molecule has 2 amide bonds. The number of nitrogens with one attached hydrogen (secondary N) is 2. The summed E-state index contributed by atoms with van der Waals surface area (Å²) in [5.41, 5.74) is 1.56. The van der Waals surface area contributed by atoms with Gasteiger partial charge in [0.25, 0.3) is 0 Å². The molecule has 0 saturated carbocycles. The standard InChI is InChI=1S/2C19H20F3N3O3.CH4/c2*1-9-12(8-25(2)24-9)15-16(14-7-13(26)17(15)28-14)18(27)23-11-5-3-4-10(6-11)19(20,21)22;/h2*3-6,8,13-17,26H,7H2,1-2H3,(H,23,27);1H4/t2*13-,14+,15+,16-,17-;/m10./s1. The van der Waals surface area contributed by atoms with E-state index in [1.807, 2.05) is 13.8 Å². The molecule has 308 valence electrons. The minimum absolute atomic E-state index is 0. The van der Waals surface area contributed by atoms with Gasteiger partial charge in [0.2, 0.25) is 11.8 Å². The third kappa shape index (κ3) is 8.17. The van der Waals surface area contributed by atoms with Crippen LogP contribution in [-0.2, 0) is 45.5 Å². The van der Waals surface area contributed by atoms with Crippen molar-refractivity contribution in [3.05, 3.63) is 94.6 Å². The van der Waals surface area contributed by atoms with Crippen molar-refractivity contribution in [1.29, 1.82) is 0 Å². The van der Waals surface area contributed by atoms with Crippen LogP contribution in [0.4, 0.5) is 37.7 Å². The minimum atomic E-state index is -4.49. The fourth-order valence-corrected chi connectivity index (χ4v) is 8.71. The lowest BCUT2D eigenvalue weighted by Gasteiger charge is -2.29. The molecule has 4 saturated heterocycles. The molecule has 57 heavy (non-hydrogen) atoms. The van der Waals surface area contributed by atoms with Crippen LogP contribution in [0.15, 0.2) is 60.9 Å². The first-order valence-corrected chi connectivity index (χ1v) is 17.9. The third-order valence-corrected chi connectivity index (χ3v) is 11.0. The molecule has 2 aromatic carbocycles. The van der Waals surface area contributed by atoms with E-state index in [1.54, 1.807) is 35.9 Å². The van der Waals surface area contributed by atoms with E-state index in [4.69, 9.17) is 9.47 Å². The van der Waals surface area contributed by atoms with Gasteiger partial charge in [-0.05, 0) is 61.4 Å². The zero-order valence-corrected chi connectivity index (χ0v) is 30.5. The van der Waals surface area contributed by atoms with Gasteiger partial charge in [-0.25, -0.2) is 0 Å². The first kappa shape index (κ1) is 41.8. The van der Waals surface area contributed by atoms with Crippen molar-refractivity contribution in [2.45, 2.75) is 94.9 Å². The van der Waals surface area contributed by atoms with Crippen LogP contribution in [0.25, 0.3) is 0 Å². The van der Waals surface area contributed by atoms with Crippen molar-refractivity contribution in [3.8, 4) is 0 Å². The summed E-state index contributed by atoms with van der Waals surface area (Å²) in [4.78, 5) is 26.0. The number of benzene rings is 2. The number of aromatic nitrogens is 4. The van der Waals surface area contributed by atoms with Gasteiger partial charge in [0.1, 0.15) is 0 Å². The second-order valence-electron chi connectivity index (χ2n) is 14.8. The summed E-state index contributed by atoms with van der Waals surface area (Å²) < 4.78 is 92.5. The van der Waals surface area contributed by atoms with Crippen molar-refractivity contribution < 1.29 is 55.6 Å². The molecule has 4 aliphatic heterocycles. The van der Waals surface area contributed by atoms with E-state index in [0.29, 0.717) is 12.8 Å². The maximum Gasteiger partial charge on any atom is 0.416 e. The first-order valence-electron chi connectivity index (χ1n) is 17.9. The fraction of sp³-hybridized carbons (Fsp3) is 0.487. The smallest absolute Gasteiger partial charge is 0.390 e. The molecule has 10 atom stereocenters. The van der Waals surface area contributed by atoms with Gasteiger partial charge >= 0.3 is 12.4 Å². The number of fused-ring (bicyclic) bond motifs is 4. The van der Waals surface area contributed by atoms with Crippen LogP contribution in [0.1, 0.15) is 65.7 Å². The molecule has 0 unspecified atom stereocenters. The summed E-state index contributed by atoms with van der Waals surface area (Å²) >= 11 is 0. The molecule has 2 aromatic heterocycles. The predicted octanol–water partition coefficient (Wildman–Crippen LogP) is 5.87. The fourth-order valence-electron chi connectivity index (χ4n) is 8.71. The van der Waals surface area contributed by atoms with Crippen molar-refractivity contribution in [1.82, 2.24) is 19.6 Å². The first-order chi connectivity index (χ1) is 26.3. The topological polar surface area (TPSA) is 153 Å². The van der Waals surface area contributed by atoms with Crippen LogP contribution in [0.5, 0.6) is 0 Å². The number of rotatable bonds is 6. The number of aliphatic hydroxyl groups is 2. The number of alkyl halides is 6. The van der Waals surface area contributed by atoms with Crippen LogP contribution in [0.2, 0.25) is 0 Å². The number of aryl methyl sites for hydroxylation is 4. The largest absolute Gasteiger partial charge is 0.416 e. The summed E-state index contributed by atoms with van der Waals surface area (Å²) in [5.74, 6) is -2.91. The zero-order chi connectivity index (χ0) is 40.4. The Balaban J connectivity index is 0.000000189. The van der Waals surface area contributed by atoms with Gasteiger partial charge < -0.3 is 30.3 Å². The Bertz CT molecular complexity index is 1970. The van der Waals surface area contributed by atoms with E-state index in [2.05, 4.69) is 20.8 Å². The number of carbonyl (C=O) groups is 2. The van der Waals surface area contributed by atoms with Crippen LogP contribution < -0.4 is 10.6 Å². The predicted molar refractivity (Wildman–Crippen MR) is 194 cm³/mol. The summed E-state index contributed by atoms with van der Waals surface area (Å²) in [7, 11) is 3.53. The highest BCUT2D eigenvalue weighted by atomic mass is 19.4. The SMILES string of the molecule is C.Cc1nn(C)cc1[C@@H]1[C@@H]2O[C@@H](C[C@H]2O)[C@H]1C(=O)Nc1cccc(C(F)(F)F)c1.Cc1nn(C)cc1[C@H]1[C@H]2O[C@H](C[C@@H]2O)[C@@H]1C(=O)Nc1cccc(C(F)(F)F)c1. The van der Waals surface area contributed by atoms with Crippen molar-refractivity contribution in [3.63, 3.8) is 0 Å². The average molecular weight is 807 g/mol. The van der Waals surface area contributed by atoms with Gasteiger partial charge in [-0.1, -0.05) is 19.6 Å². The molecular formula is C39H44F6N6O6. The summed E-state index contributed by atoms with van der Waals surface area (Å²) in [5, 5.41) is 34.3. The molecule has 0 spiro atoms. The Labute approximate surface area is 324 Å². The van der Waals surface area contributed by atoms with E-state index in [1.165, 1.54) is 24.3 Å². The lowest BCUT2D eigenvalue weighted by Crippen LogP contribution is -2.41. The van der Waals surface area contributed by atoms with Crippen LogP contribution in [-0.4, -0.2) is 78.2 Å². The molecule has 0 aliphatic carbocycles. The summed E-state index contributed by atoms with van der Waals surface area (Å²) in [6.45, 7) is 3.63. The molecule has 4 aromatic rings. The van der Waals surface area contributed by atoms with Crippen LogP contribution in [0.3, 0.4) is 0 Å². The molecular weight excluding hydrogens is 762 g/mol. The van der Waals surface area contributed by atoms with Gasteiger partial charge in [-0.2, -0.15) is 36.5 Å². The van der Waals surface area contributed by atoms with Crippen molar-refractivity contribution >= 4 is 23.2 Å². The Kier molecular flexibility index (Phi) is 11.4. The second kappa shape index (κ2) is 15.5. The number of nitrogens with zero attached hydrogens (tertiary/aromatic N) is 4. The Morgan fingerprint density at radius 2 is 1.07 bits per heavy atom. The number of hydrogen-bond donors (Lipinski definition) is 4. The molecule has 4 fully saturated rings. The highest BCUT2D eigenvalue weighted by Gasteiger charge is 2.59. The number of aliphatic hydroxyl groups excluding tert-OH is 2. The van der Waals surface area contributed by atoms with E-state index >= 15 is 0 Å². The normalized spacial score (nSPS) is 28.8. The maximum atomic E-state index is 13.0. The summed E-state index contributed by atoms with van der Waals surface area (Å²) in [6.07, 6.45) is -8.18. The maximum absolute atomic E-state index is 13.0. The number of amides is 2. The monoisotopic (exact) mass is 806 g/mol. The second-order valence-corrected chi connectivity index (χ2v) is 14.8. The van der Waals surface area contributed by atoms with Crippen molar-refractivity contribution in [2.75, 3.05) is 10.6 Å². The molecule has 18 heteroatoms. The average Bonchev–Trinajstić information content (AvgIpc) is 3.96. The number of hydrogen-bond acceptors (Lipinski definition) is 8. The summed E-state index contributed by atoms with van der Waals surface area (Å²) in [6, 6.07) is 9.06. The van der Waals surface area contributed by atoms with E-state index in [-0.39, 0.29) is 18.8 Å². The Hall–Kier alpha value is -4.78. The Morgan fingerprint density at radius 1 is 0.702 bits per heavy atom. The molecule has 4 aliphatic rings. The molecule has 12 nitrogen and oxygen atoms in total. The van der Waals surface area contributed by atoms with E-state index in [0.717, 1.165) is 46.8 Å². The quantitative estimate of drug-likeness (QED) is 0.177. The molecule has 4 N–H and O–H groups in total. The van der Waals surface area contributed by atoms with Crippen molar-refractivity contribution in [2.24, 2.45) is 25.9 Å². The van der Waals surface area contributed by atoms with Gasteiger partial charge in [0, 0.05) is 62.5 Å². The molecule has 4 bridgehead atoms. The van der Waals surface area contributed by atoms with Gasteiger partial charge in [-0.15, -0.1) is 0 Å². The number of halogens is 6. The lowest BCUT2D eigenvalue weighted by molar-refractivity contribution is -0.138. The molecule has 0 radical (unpaired) electrons. The van der Waals surface area contributed by atoms with Crippen LogP contribution >= 0.6 is 0 Å². The third-order valence-electron chi connectivity index (χ3n) is 11.0. The minimum Gasteiger partial charge on any atom is -0.390 e.